The smallest absolute Gasteiger partial charge is 0.274 e. The molecule has 1 amide bonds. The first-order chi connectivity index (χ1) is 16.5. The van der Waals surface area contributed by atoms with Crippen LogP contribution in [0.4, 0.5) is 0 Å². The van der Waals surface area contributed by atoms with Crippen molar-refractivity contribution in [2.24, 2.45) is 0 Å². The van der Waals surface area contributed by atoms with Gasteiger partial charge in [0.25, 0.3) is 5.91 Å². The number of hydrogen-bond donors (Lipinski definition) is 3. The predicted molar refractivity (Wildman–Crippen MR) is 132 cm³/mol. The maximum absolute atomic E-state index is 11.7. The van der Waals surface area contributed by atoms with E-state index in [1.807, 2.05) is 12.1 Å². The lowest BCUT2D eigenvalue weighted by atomic mass is 10.0. The molecule has 5 rings (SSSR count). The quantitative estimate of drug-likeness (QED) is 0.301. The van der Waals surface area contributed by atoms with Gasteiger partial charge in [-0.1, -0.05) is 48.5 Å². The van der Waals surface area contributed by atoms with E-state index < -0.39 is 5.91 Å². The maximum atomic E-state index is 11.7. The van der Waals surface area contributed by atoms with E-state index in [0.717, 1.165) is 47.6 Å². The zero-order valence-corrected chi connectivity index (χ0v) is 19.3. The number of imidazole rings is 1. The number of fused-ring (bicyclic) bond motifs is 1. The molecule has 1 saturated heterocycles. The first-order valence-electron chi connectivity index (χ1n) is 11.5. The van der Waals surface area contributed by atoms with Gasteiger partial charge in [0.2, 0.25) is 0 Å². The molecule has 0 aliphatic carbocycles. The number of H-pyrrole nitrogens is 1. The highest BCUT2D eigenvalue weighted by Crippen LogP contribution is 2.26. The van der Waals surface area contributed by atoms with E-state index >= 15 is 0 Å². The summed E-state index contributed by atoms with van der Waals surface area (Å²) in [7, 11) is 0. The van der Waals surface area contributed by atoms with Crippen molar-refractivity contribution in [3.63, 3.8) is 0 Å². The number of benzene rings is 3. The molecule has 3 aromatic carbocycles. The third-order valence-corrected chi connectivity index (χ3v) is 6.19. The summed E-state index contributed by atoms with van der Waals surface area (Å²) in [5, 5.41) is 8.84. The van der Waals surface area contributed by atoms with Gasteiger partial charge in [-0.15, -0.1) is 0 Å². The number of carbonyl (C=O) groups is 1. The number of aromatic nitrogens is 2. The third-order valence-electron chi connectivity index (χ3n) is 6.19. The van der Waals surface area contributed by atoms with Gasteiger partial charge in [0.15, 0.2) is 0 Å². The van der Waals surface area contributed by atoms with Crippen molar-refractivity contribution >= 4 is 16.9 Å². The highest BCUT2D eigenvalue weighted by Gasteiger charge is 2.22. The van der Waals surface area contributed by atoms with Crippen LogP contribution in [0.5, 0.6) is 0 Å². The maximum Gasteiger partial charge on any atom is 0.274 e. The second kappa shape index (κ2) is 9.38. The molecule has 174 valence electrons. The molecule has 0 saturated carbocycles. The Morgan fingerprint density at radius 1 is 1.00 bits per heavy atom. The van der Waals surface area contributed by atoms with Crippen molar-refractivity contribution in [2.45, 2.75) is 32.6 Å². The van der Waals surface area contributed by atoms with E-state index in [-0.39, 0.29) is 12.2 Å². The molecule has 3 N–H and O–H groups in total. The van der Waals surface area contributed by atoms with Crippen LogP contribution in [0.15, 0.2) is 66.7 Å². The van der Waals surface area contributed by atoms with Gasteiger partial charge in [0.1, 0.15) is 5.82 Å². The van der Waals surface area contributed by atoms with Gasteiger partial charge in [-0.3, -0.25) is 14.9 Å². The van der Waals surface area contributed by atoms with Gasteiger partial charge in [-0.05, 0) is 48.7 Å². The molecule has 1 aromatic heterocycles. The molecule has 0 unspecified atom stereocenters. The molecule has 2 heterocycles. The zero-order valence-electron chi connectivity index (χ0n) is 19.3. The van der Waals surface area contributed by atoms with Gasteiger partial charge in [0.05, 0.1) is 23.2 Å². The minimum atomic E-state index is -0.553. The summed E-state index contributed by atoms with van der Waals surface area (Å²) in [5.74, 6) is 0.176. The van der Waals surface area contributed by atoms with Crippen molar-refractivity contribution in [1.82, 2.24) is 20.3 Å². The van der Waals surface area contributed by atoms with E-state index in [0.29, 0.717) is 5.56 Å². The van der Waals surface area contributed by atoms with Crippen molar-refractivity contribution < 1.29 is 14.7 Å². The van der Waals surface area contributed by atoms with Crippen LogP contribution in [-0.4, -0.2) is 51.3 Å². The summed E-state index contributed by atoms with van der Waals surface area (Å²) in [4.78, 5) is 22.0. The standard InChI is InChI=1S/C27H28N4O3/c1-17-14-31(15-18(2)34-17)16-19-3-5-20(6-4-19)21-7-9-22(10-8-21)26-28-24-12-11-23(27(32)30-33)13-25(24)29-26/h3-13,17-18,33H,14-16H2,1-2H3,(H,28,29)(H,30,32)/t17-,18+. The summed E-state index contributed by atoms with van der Waals surface area (Å²) < 4.78 is 5.84. The molecule has 0 spiro atoms. The van der Waals surface area contributed by atoms with Crippen LogP contribution in [0.25, 0.3) is 33.5 Å². The number of carbonyl (C=O) groups excluding carboxylic acids is 1. The lowest BCUT2D eigenvalue weighted by Crippen LogP contribution is -2.44. The zero-order chi connectivity index (χ0) is 23.7. The Bertz CT molecular complexity index is 1290. The molecule has 7 heteroatoms. The van der Waals surface area contributed by atoms with Gasteiger partial charge >= 0.3 is 0 Å². The summed E-state index contributed by atoms with van der Waals surface area (Å²) in [6.07, 6.45) is 0.547. The number of morpholine rings is 1. The fourth-order valence-corrected chi connectivity index (χ4v) is 4.65. The van der Waals surface area contributed by atoms with Crippen LogP contribution in [-0.2, 0) is 11.3 Å². The SMILES string of the molecule is C[C@@H]1CN(Cc2ccc(-c3ccc(-c4nc5ccc(C(=O)NO)cc5[nH]4)cc3)cc2)C[C@H](C)O1. The Morgan fingerprint density at radius 2 is 1.62 bits per heavy atom. The molecule has 1 aliphatic rings. The molecule has 1 fully saturated rings. The van der Waals surface area contributed by atoms with Crippen LogP contribution in [0.2, 0.25) is 0 Å². The Morgan fingerprint density at radius 3 is 2.26 bits per heavy atom. The van der Waals surface area contributed by atoms with Crippen LogP contribution in [0.1, 0.15) is 29.8 Å². The van der Waals surface area contributed by atoms with Crippen LogP contribution >= 0.6 is 0 Å². The highest BCUT2D eigenvalue weighted by molar-refractivity contribution is 5.97. The average molecular weight is 457 g/mol. The number of ether oxygens (including phenoxy) is 1. The van der Waals surface area contributed by atoms with Crippen molar-refractivity contribution in [3.8, 4) is 22.5 Å². The topological polar surface area (TPSA) is 90.5 Å². The highest BCUT2D eigenvalue weighted by atomic mass is 16.5. The Balaban J connectivity index is 1.30. The number of nitrogens with one attached hydrogen (secondary N) is 2. The molecule has 7 nitrogen and oxygen atoms in total. The largest absolute Gasteiger partial charge is 0.373 e. The fourth-order valence-electron chi connectivity index (χ4n) is 4.65. The Kier molecular flexibility index (Phi) is 6.15. The lowest BCUT2D eigenvalue weighted by molar-refractivity contribution is -0.0704. The molecule has 4 aromatic rings. The van der Waals surface area contributed by atoms with E-state index in [4.69, 9.17) is 9.94 Å². The van der Waals surface area contributed by atoms with Crippen LogP contribution < -0.4 is 5.48 Å². The van der Waals surface area contributed by atoms with E-state index in [9.17, 15) is 4.79 Å². The molecule has 2 atom stereocenters. The molecular weight excluding hydrogens is 428 g/mol. The normalized spacial score (nSPS) is 18.8. The minimum absolute atomic E-state index is 0.274. The molecule has 34 heavy (non-hydrogen) atoms. The summed E-state index contributed by atoms with van der Waals surface area (Å²) in [5.41, 5.74) is 8.08. The fraction of sp³-hybridized carbons (Fsp3) is 0.259. The van der Waals surface area contributed by atoms with Crippen molar-refractivity contribution in [1.29, 1.82) is 0 Å². The first-order valence-corrected chi connectivity index (χ1v) is 11.5. The molecule has 0 bridgehead atoms. The number of hydrogen-bond acceptors (Lipinski definition) is 5. The van der Waals surface area contributed by atoms with E-state index in [1.54, 1.807) is 23.7 Å². The van der Waals surface area contributed by atoms with Gasteiger partial charge in [0, 0.05) is 30.8 Å². The number of amides is 1. The van der Waals surface area contributed by atoms with Crippen LogP contribution in [0, 0.1) is 0 Å². The Hall–Kier alpha value is -3.52. The number of rotatable bonds is 5. The average Bonchev–Trinajstić information content (AvgIpc) is 3.27. The Labute approximate surface area is 198 Å². The van der Waals surface area contributed by atoms with Crippen molar-refractivity contribution in [3.05, 3.63) is 77.9 Å². The lowest BCUT2D eigenvalue weighted by Gasteiger charge is -2.35. The molecule has 0 radical (unpaired) electrons. The van der Waals surface area contributed by atoms with Crippen LogP contribution in [0.3, 0.4) is 0 Å². The minimum Gasteiger partial charge on any atom is -0.373 e. The molecular formula is C27H28N4O3. The van der Waals surface area contributed by atoms with Gasteiger partial charge in [-0.2, -0.15) is 0 Å². The molecule has 1 aliphatic heterocycles. The number of nitrogens with zero attached hydrogens (tertiary/aromatic N) is 2. The predicted octanol–water partition coefficient (Wildman–Crippen LogP) is 4.63. The summed E-state index contributed by atoms with van der Waals surface area (Å²) in [6, 6.07) is 22.1. The van der Waals surface area contributed by atoms with Gasteiger partial charge < -0.3 is 9.72 Å². The first kappa shape index (κ1) is 22.3. The second-order valence-corrected chi connectivity index (χ2v) is 8.98. The summed E-state index contributed by atoms with van der Waals surface area (Å²) in [6.45, 7) is 7.13. The monoisotopic (exact) mass is 456 g/mol. The van der Waals surface area contributed by atoms with Crippen molar-refractivity contribution in [2.75, 3.05) is 13.1 Å². The third kappa shape index (κ3) is 4.72. The van der Waals surface area contributed by atoms with E-state index in [2.05, 4.69) is 65.1 Å². The number of hydroxylamine groups is 1. The van der Waals surface area contributed by atoms with E-state index in [1.165, 1.54) is 11.1 Å². The van der Waals surface area contributed by atoms with Gasteiger partial charge in [-0.25, -0.2) is 10.5 Å². The second-order valence-electron chi connectivity index (χ2n) is 8.98. The number of aromatic amines is 1. The summed E-state index contributed by atoms with van der Waals surface area (Å²) >= 11 is 0.